The highest BCUT2D eigenvalue weighted by atomic mass is 16.5. The lowest BCUT2D eigenvalue weighted by Crippen LogP contribution is -2.38. The largest absolute Gasteiger partial charge is 0.379 e. The van der Waals surface area contributed by atoms with Gasteiger partial charge < -0.3 is 14.9 Å². The summed E-state index contributed by atoms with van der Waals surface area (Å²) in [6.45, 7) is 17.4. The molecule has 0 bridgehead atoms. The van der Waals surface area contributed by atoms with Gasteiger partial charge >= 0.3 is 0 Å². The molecule has 2 aliphatic heterocycles. The Bertz CT molecular complexity index is 1020. The molecule has 1 saturated heterocycles. The van der Waals surface area contributed by atoms with E-state index in [1.54, 1.807) is 6.08 Å². The summed E-state index contributed by atoms with van der Waals surface area (Å²) in [5.41, 5.74) is 5.17. The lowest BCUT2D eigenvalue weighted by atomic mass is 9.76. The smallest absolute Gasteiger partial charge is 0.293 e. The fraction of sp³-hybridized carbons (Fsp3) is 0.500. The van der Waals surface area contributed by atoms with Gasteiger partial charge in [-0.2, -0.15) is 0 Å². The highest BCUT2D eigenvalue weighted by molar-refractivity contribution is 6.44. The van der Waals surface area contributed by atoms with Gasteiger partial charge in [-0.25, -0.2) is 0 Å². The van der Waals surface area contributed by atoms with Crippen molar-refractivity contribution in [1.82, 2.24) is 4.90 Å². The van der Waals surface area contributed by atoms with E-state index in [0.29, 0.717) is 23.4 Å². The number of aliphatic imine (C=N–C) groups is 1. The number of nitrogens with zero attached hydrogens (tertiary/aromatic N) is 3. The number of anilines is 1. The fourth-order valence-electron chi connectivity index (χ4n) is 4.52. The summed E-state index contributed by atoms with van der Waals surface area (Å²) in [6.07, 6.45) is 7.59. The van der Waals surface area contributed by atoms with Gasteiger partial charge in [0.15, 0.2) is 5.71 Å². The van der Waals surface area contributed by atoms with Gasteiger partial charge in [-0.3, -0.25) is 9.69 Å². The Morgan fingerprint density at radius 2 is 2.06 bits per heavy atom. The van der Waals surface area contributed by atoms with Crippen molar-refractivity contribution in [2.75, 3.05) is 31.6 Å². The number of rotatable bonds is 5. The Morgan fingerprint density at radius 1 is 1.28 bits per heavy atom. The van der Waals surface area contributed by atoms with Crippen LogP contribution in [0.1, 0.15) is 63.6 Å². The minimum Gasteiger partial charge on any atom is -0.379 e. The van der Waals surface area contributed by atoms with E-state index in [4.69, 9.17) is 11.3 Å². The lowest BCUT2D eigenvalue weighted by Gasteiger charge is -2.33. The van der Waals surface area contributed by atoms with E-state index < -0.39 is 0 Å². The summed E-state index contributed by atoms with van der Waals surface area (Å²) in [4.78, 5) is 22.8. The molecule has 1 aromatic rings. The molecule has 0 spiro atoms. The Labute approximate surface area is 190 Å². The molecule has 1 aromatic carbocycles. The van der Waals surface area contributed by atoms with Gasteiger partial charge in [0.1, 0.15) is 0 Å². The summed E-state index contributed by atoms with van der Waals surface area (Å²) in [5.74, 6) is 0.0640. The molecule has 6 heteroatoms. The molecule has 6 nitrogen and oxygen atoms in total. The molecule has 2 heterocycles. The standard InChI is InChI=1S/C26H32N4O2/c1-18(30-13-15-32-16-14-30)20-5-6-22(29-25(31)23-7-8-24(27-4)28-23)21(17-20)19-9-11-26(2,3)12-10-19/h5-6,8-9,17-18H,7,10-16H2,1-3H3,(H,29,31). The summed E-state index contributed by atoms with van der Waals surface area (Å²) in [5, 5.41) is 3.08. The first-order valence-corrected chi connectivity index (χ1v) is 11.5. The van der Waals surface area contributed by atoms with E-state index in [9.17, 15) is 4.79 Å². The second kappa shape index (κ2) is 9.40. The molecule has 3 aliphatic rings. The first-order valence-electron chi connectivity index (χ1n) is 11.5. The first-order chi connectivity index (χ1) is 15.4. The maximum Gasteiger partial charge on any atom is 0.293 e. The van der Waals surface area contributed by atoms with Crippen LogP contribution in [0.3, 0.4) is 0 Å². The van der Waals surface area contributed by atoms with Crippen LogP contribution in [0.25, 0.3) is 10.4 Å². The van der Waals surface area contributed by atoms with Crippen LogP contribution in [-0.4, -0.2) is 42.8 Å². The second-order valence-corrected chi connectivity index (χ2v) is 9.62. The quantitative estimate of drug-likeness (QED) is 0.649. The predicted octanol–water partition coefficient (Wildman–Crippen LogP) is 5.22. The number of carbonyl (C=O) groups excluding carboxylic acids is 1. The Balaban J connectivity index is 1.62. The lowest BCUT2D eigenvalue weighted by molar-refractivity contribution is -0.110. The van der Waals surface area contributed by atoms with Crippen LogP contribution in [-0.2, 0) is 9.53 Å². The second-order valence-electron chi connectivity index (χ2n) is 9.62. The van der Waals surface area contributed by atoms with Crippen LogP contribution >= 0.6 is 0 Å². The van der Waals surface area contributed by atoms with E-state index >= 15 is 0 Å². The topological polar surface area (TPSA) is 58.3 Å². The molecular weight excluding hydrogens is 400 g/mol. The summed E-state index contributed by atoms with van der Waals surface area (Å²) in [6, 6.07) is 6.68. The molecule has 1 aliphatic carbocycles. The molecule has 1 amide bonds. The number of hydrogen-bond donors (Lipinski definition) is 1. The number of morpholine rings is 1. The third-order valence-corrected chi connectivity index (χ3v) is 6.79. The maximum atomic E-state index is 12.9. The van der Waals surface area contributed by atoms with Crippen molar-refractivity contribution in [2.24, 2.45) is 10.4 Å². The van der Waals surface area contributed by atoms with Crippen LogP contribution in [0, 0.1) is 12.0 Å². The van der Waals surface area contributed by atoms with Crippen LogP contribution in [0.2, 0.25) is 0 Å². The zero-order valence-corrected chi connectivity index (χ0v) is 19.3. The van der Waals surface area contributed by atoms with Crippen molar-refractivity contribution < 1.29 is 9.53 Å². The minimum absolute atomic E-state index is 0.230. The SMILES string of the molecule is [C-]#[N+]C1=CCC(C(=O)Nc2ccc(C(C)N3CCOCC3)cc2C2=CCC(C)(C)CC2)=N1. The molecule has 168 valence electrons. The van der Waals surface area contributed by atoms with E-state index in [1.807, 2.05) is 6.07 Å². The van der Waals surface area contributed by atoms with Crippen molar-refractivity contribution >= 4 is 22.9 Å². The summed E-state index contributed by atoms with van der Waals surface area (Å²) < 4.78 is 5.52. The maximum absolute atomic E-state index is 12.9. The van der Waals surface area contributed by atoms with Crippen LogP contribution in [0.5, 0.6) is 0 Å². The molecule has 0 aromatic heterocycles. The monoisotopic (exact) mass is 432 g/mol. The molecule has 0 saturated carbocycles. The molecule has 1 atom stereocenters. The van der Waals surface area contributed by atoms with Crippen molar-refractivity contribution in [3.8, 4) is 0 Å². The number of carbonyl (C=O) groups is 1. The predicted molar refractivity (Wildman–Crippen MR) is 128 cm³/mol. The number of allylic oxidation sites excluding steroid dienone is 3. The Kier molecular flexibility index (Phi) is 6.59. The average Bonchev–Trinajstić information content (AvgIpc) is 3.29. The van der Waals surface area contributed by atoms with E-state index in [1.165, 1.54) is 11.1 Å². The summed E-state index contributed by atoms with van der Waals surface area (Å²) in [7, 11) is 0. The van der Waals surface area contributed by atoms with Crippen molar-refractivity contribution in [2.45, 2.75) is 52.5 Å². The van der Waals surface area contributed by atoms with Crippen LogP contribution in [0.15, 0.2) is 41.2 Å². The van der Waals surface area contributed by atoms with E-state index in [-0.39, 0.29) is 11.9 Å². The van der Waals surface area contributed by atoms with E-state index in [0.717, 1.165) is 56.8 Å². The van der Waals surface area contributed by atoms with E-state index in [2.05, 4.69) is 59.0 Å². The first kappa shape index (κ1) is 22.4. The molecule has 32 heavy (non-hydrogen) atoms. The van der Waals surface area contributed by atoms with Gasteiger partial charge in [0.25, 0.3) is 11.7 Å². The van der Waals surface area contributed by atoms with Crippen molar-refractivity contribution in [3.05, 3.63) is 58.7 Å². The molecule has 4 rings (SSSR count). The van der Waals surface area contributed by atoms with Gasteiger partial charge in [0, 0.05) is 36.8 Å². The zero-order chi connectivity index (χ0) is 22.7. The Morgan fingerprint density at radius 3 is 2.72 bits per heavy atom. The van der Waals surface area contributed by atoms with Gasteiger partial charge in [0.2, 0.25) is 0 Å². The molecule has 1 fully saturated rings. The molecule has 1 unspecified atom stereocenters. The van der Waals surface area contributed by atoms with Gasteiger partial charge in [-0.15, -0.1) is 4.99 Å². The van der Waals surface area contributed by atoms with Gasteiger partial charge in [-0.05, 0) is 54.9 Å². The fourth-order valence-corrected chi connectivity index (χ4v) is 4.52. The number of hydrogen-bond acceptors (Lipinski definition) is 4. The number of amides is 1. The zero-order valence-electron chi connectivity index (χ0n) is 19.3. The Hall–Kier alpha value is -2.75. The number of nitrogens with one attached hydrogen (secondary N) is 1. The minimum atomic E-state index is -0.230. The average molecular weight is 433 g/mol. The van der Waals surface area contributed by atoms with Gasteiger partial charge in [-0.1, -0.05) is 38.6 Å². The van der Waals surface area contributed by atoms with Crippen LogP contribution < -0.4 is 5.32 Å². The third-order valence-electron chi connectivity index (χ3n) is 6.79. The van der Waals surface area contributed by atoms with Crippen LogP contribution in [0.4, 0.5) is 5.69 Å². The summed E-state index contributed by atoms with van der Waals surface area (Å²) >= 11 is 0. The van der Waals surface area contributed by atoms with Crippen molar-refractivity contribution in [3.63, 3.8) is 0 Å². The normalized spacial score (nSPS) is 21.8. The highest BCUT2D eigenvalue weighted by Crippen LogP contribution is 2.41. The highest BCUT2D eigenvalue weighted by Gasteiger charge is 2.26. The third kappa shape index (κ3) is 5.01. The molecular formula is C26H32N4O2. The molecule has 0 radical (unpaired) electrons. The number of benzene rings is 1. The number of ether oxygens (including phenoxy) is 1. The molecule has 1 N–H and O–H groups in total. The van der Waals surface area contributed by atoms with Gasteiger partial charge in [0.05, 0.1) is 13.2 Å². The van der Waals surface area contributed by atoms with Crippen molar-refractivity contribution in [1.29, 1.82) is 0 Å².